The Labute approximate surface area is 137 Å². The molecule has 1 fully saturated rings. The number of nitro groups is 1. The maximum absolute atomic E-state index is 12.5. The van der Waals surface area contributed by atoms with Gasteiger partial charge in [0.1, 0.15) is 4.21 Å². The molecule has 0 spiro atoms. The highest BCUT2D eigenvalue weighted by atomic mass is 32.2. The van der Waals surface area contributed by atoms with E-state index in [1.807, 2.05) is 0 Å². The summed E-state index contributed by atoms with van der Waals surface area (Å²) in [4.78, 5) is 15.3. The summed E-state index contributed by atoms with van der Waals surface area (Å²) >= 11 is 1.19. The summed E-state index contributed by atoms with van der Waals surface area (Å²) in [5.41, 5.74) is -0.0120. The number of aromatic amines is 1. The molecule has 1 saturated heterocycles. The van der Waals surface area contributed by atoms with Crippen LogP contribution in [0.15, 0.2) is 40.1 Å². The number of nitrogens with one attached hydrogen (secondary N) is 1. The smallest absolute Gasteiger partial charge is 0.258 e. The van der Waals surface area contributed by atoms with Crippen molar-refractivity contribution in [2.75, 3.05) is 31.1 Å². The largest absolute Gasteiger partial charge is 0.357 e. The SMILES string of the molecule is O=[N+]([O-])c1ccc[nH+]c1N1CCN(S(=O)(=O)c2cccs2)CC1. The number of nitrogens with zero attached hydrogens (tertiary/aromatic N) is 3. The van der Waals surface area contributed by atoms with Gasteiger partial charge in [0.2, 0.25) is 0 Å². The first kappa shape index (κ1) is 15.8. The van der Waals surface area contributed by atoms with E-state index >= 15 is 0 Å². The molecule has 2 aromatic heterocycles. The normalized spacial score (nSPS) is 16.4. The third kappa shape index (κ3) is 3.05. The number of hydrogen-bond acceptors (Lipinski definition) is 6. The minimum atomic E-state index is -3.47. The monoisotopic (exact) mass is 355 g/mol. The number of piperazine rings is 1. The van der Waals surface area contributed by atoms with Crippen molar-refractivity contribution in [1.29, 1.82) is 0 Å². The van der Waals surface area contributed by atoms with Gasteiger partial charge >= 0.3 is 11.5 Å². The molecular formula is C13H15N4O4S2+. The Balaban J connectivity index is 1.76. The molecule has 3 rings (SSSR count). The zero-order valence-electron chi connectivity index (χ0n) is 12.1. The summed E-state index contributed by atoms with van der Waals surface area (Å²) in [6, 6.07) is 6.29. The molecule has 122 valence electrons. The van der Waals surface area contributed by atoms with Gasteiger partial charge in [0, 0.05) is 6.07 Å². The van der Waals surface area contributed by atoms with Crippen molar-refractivity contribution in [2.45, 2.75) is 4.21 Å². The van der Waals surface area contributed by atoms with Gasteiger partial charge in [-0.15, -0.1) is 11.3 Å². The minimum Gasteiger partial charge on any atom is -0.258 e. The third-order valence-corrected chi connectivity index (χ3v) is 6.93. The van der Waals surface area contributed by atoms with Gasteiger partial charge in [-0.1, -0.05) is 6.07 Å². The van der Waals surface area contributed by atoms with E-state index in [2.05, 4.69) is 4.98 Å². The van der Waals surface area contributed by atoms with Crippen molar-refractivity contribution in [2.24, 2.45) is 0 Å². The zero-order chi connectivity index (χ0) is 16.4. The third-order valence-electron chi connectivity index (χ3n) is 3.65. The summed E-state index contributed by atoms with van der Waals surface area (Å²) in [6.45, 7) is 1.37. The quantitative estimate of drug-likeness (QED) is 0.601. The molecule has 0 aromatic carbocycles. The first-order valence-electron chi connectivity index (χ1n) is 6.94. The molecule has 2 aromatic rings. The van der Waals surface area contributed by atoms with Crippen molar-refractivity contribution >= 4 is 32.9 Å². The van der Waals surface area contributed by atoms with Gasteiger partial charge < -0.3 is 0 Å². The van der Waals surface area contributed by atoms with Crippen molar-refractivity contribution in [3.63, 3.8) is 0 Å². The van der Waals surface area contributed by atoms with Crippen molar-refractivity contribution in [3.8, 4) is 0 Å². The number of hydrogen-bond donors (Lipinski definition) is 0. The molecule has 0 atom stereocenters. The van der Waals surface area contributed by atoms with Crippen LogP contribution in [0.1, 0.15) is 0 Å². The molecule has 8 nitrogen and oxygen atoms in total. The van der Waals surface area contributed by atoms with Crippen LogP contribution in [0.25, 0.3) is 0 Å². The Morgan fingerprint density at radius 3 is 2.52 bits per heavy atom. The van der Waals surface area contributed by atoms with Crippen LogP contribution in [-0.2, 0) is 10.0 Å². The summed E-state index contributed by atoms with van der Waals surface area (Å²) in [5, 5.41) is 12.8. The van der Waals surface area contributed by atoms with E-state index in [-0.39, 0.29) is 5.69 Å². The van der Waals surface area contributed by atoms with E-state index < -0.39 is 14.9 Å². The fourth-order valence-corrected chi connectivity index (χ4v) is 5.08. The Kier molecular flexibility index (Phi) is 4.28. The molecule has 0 aliphatic carbocycles. The van der Waals surface area contributed by atoms with Gasteiger partial charge in [0.05, 0.1) is 37.3 Å². The number of rotatable bonds is 4. The Morgan fingerprint density at radius 2 is 1.91 bits per heavy atom. The molecule has 3 heterocycles. The Bertz CT molecular complexity index is 799. The standard InChI is InChI=1S/C13H14N4O4S2/c18-17(19)11-3-1-5-14-13(11)15-6-8-16(9-7-15)23(20,21)12-4-2-10-22-12/h1-5,10H,6-9H2/p+1. The zero-order valence-corrected chi connectivity index (χ0v) is 13.7. The molecular weight excluding hydrogens is 340 g/mol. The summed E-state index contributed by atoms with van der Waals surface area (Å²) in [5.74, 6) is 0.408. The maximum Gasteiger partial charge on any atom is 0.357 e. The van der Waals surface area contributed by atoms with Gasteiger partial charge in [-0.05, 0) is 17.5 Å². The van der Waals surface area contributed by atoms with Gasteiger partial charge in [0.15, 0.2) is 0 Å². The van der Waals surface area contributed by atoms with E-state index in [0.29, 0.717) is 36.2 Å². The summed E-state index contributed by atoms with van der Waals surface area (Å²) in [6.07, 6.45) is 1.62. The molecule has 1 N–H and O–H groups in total. The predicted octanol–water partition coefficient (Wildman–Crippen LogP) is 0.981. The van der Waals surface area contributed by atoms with Gasteiger partial charge in [-0.2, -0.15) is 4.31 Å². The van der Waals surface area contributed by atoms with Gasteiger partial charge in [-0.3, -0.25) is 15.0 Å². The fourth-order valence-electron chi connectivity index (χ4n) is 2.51. The highest BCUT2D eigenvalue weighted by molar-refractivity contribution is 7.91. The highest BCUT2D eigenvalue weighted by Gasteiger charge is 2.35. The van der Waals surface area contributed by atoms with E-state index in [9.17, 15) is 18.5 Å². The van der Waals surface area contributed by atoms with Crippen molar-refractivity contribution in [3.05, 3.63) is 46.0 Å². The van der Waals surface area contributed by atoms with Crippen molar-refractivity contribution < 1.29 is 18.3 Å². The lowest BCUT2D eigenvalue weighted by atomic mass is 10.3. The average Bonchev–Trinajstić information content (AvgIpc) is 3.10. The molecule has 1 aliphatic rings. The van der Waals surface area contributed by atoms with Crippen LogP contribution in [0.2, 0.25) is 0 Å². The molecule has 10 heteroatoms. The Hall–Kier alpha value is -2.04. The first-order chi connectivity index (χ1) is 11.0. The van der Waals surface area contributed by atoms with E-state index in [0.717, 1.165) is 0 Å². The number of pyridine rings is 1. The molecule has 0 saturated carbocycles. The molecule has 0 unspecified atom stereocenters. The van der Waals surface area contributed by atoms with Crippen LogP contribution in [-0.4, -0.2) is 43.8 Å². The lowest BCUT2D eigenvalue weighted by Gasteiger charge is -2.29. The average molecular weight is 355 g/mol. The molecule has 23 heavy (non-hydrogen) atoms. The van der Waals surface area contributed by atoms with E-state index in [1.165, 1.54) is 21.7 Å². The van der Waals surface area contributed by atoms with E-state index in [4.69, 9.17) is 0 Å². The Morgan fingerprint density at radius 1 is 1.17 bits per heavy atom. The first-order valence-corrected chi connectivity index (χ1v) is 9.26. The number of anilines is 1. The molecule has 0 radical (unpaired) electrons. The van der Waals surface area contributed by atoms with Crippen LogP contribution < -0.4 is 9.88 Å². The van der Waals surface area contributed by atoms with Gasteiger partial charge in [0.25, 0.3) is 10.0 Å². The van der Waals surface area contributed by atoms with Gasteiger partial charge in [-0.25, -0.2) is 13.4 Å². The number of H-pyrrole nitrogens is 1. The van der Waals surface area contributed by atoms with Crippen LogP contribution in [0, 0.1) is 10.1 Å². The highest BCUT2D eigenvalue weighted by Crippen LogP contribution is 2.26. The second-order valence-electron chi connectivity index (χ2n) is 4.98. The molecule has 0 amide bonds. The minimum absolute atomic E-state index is 0.0120. The second-order valence-corrected chi connectivity index (χ2v) is 8.10. The van der Waals surface area contributed by atoms with Crippen LogP contribution in [0.5, 0.6) is 0 Å². The lowest BCUT2D eigenvalue weighted by molar-refractivity contribution is -0.411. The van der Waals surface area contributed by atoms with E-state index in [1.54, 1.807) is 34.7 Å². The summed E-state index contributed by atoms with van der Waals surface area (Å²) < 4.78 is 26.7. The van der Waals surface area contributed by atoms with Crippen molar-refractivity contribution in [1.82, 2.24) is 4.31 Å². The topological polar surface area (TPSA) is 97.9 Å². The lowest BCUT2D eigenvalue weighted by Crippen LogP contribution is -2.49. The molecule has 1 aliphatic heterocycles. The van der Waals surface area contributed by atoms with Crippen LogP contribution in [0.3, 0.4) is 0 Å². The fraction of sp³-hybridized carbons (Fsp3) is 0.308. The van der Waals surface area contributed by atoms with Crippen LogP contribution >= 0.6 is 11.3 Å². The summed E-state index contributed by atoms with van der Waals surface area (Å²) in [7, 11) is -3.47. The van der Waals surface area contributed by atoms with Crippen LogP contribution in [0.4, 0.5) is 11.5 Å². The number of thiophene rings is 1. The predicted molar refractivity (Wildman–Crippen MR) is 84.9 cm³/mol. The number of sulfonamides is 1. The second kappa shape index (κ2) is 6.22. The maximum atomic E-state index is 12.5. The number of aromatic nitrogens is 1. The molecule has 0 bridgehead atoms.